The number of likely N-dealkylation sites (N-methyl/N-ethyl adjacent to an activating group) is 1. The number of carbonyl (C=O) groups is 2. The molecule has 0 radical (unpaired) electrons. The van der Waals surface area contributed by atoms with E-state index in [1.165, 1.54) is 0 Å². The van der Waals surface area contributed by atoms with Crippen molar-refractivity contribution in [2.24, 2.45) is 7.05 Å². The van der Waals surface area contributed by atoms with Crippen molar-refractivity contribution < 1.29 is 9.59 Å². The summed E-state index contributed by atoms with van der Waals surface area (Å²) in [6.07, 6.45) is 0. The topological polar surface area (TPSA) is 42.3 Å². The number of benzene rings is 1. The van der Waals surface area contributed by atoms with Gasteiger partial charge in [0.1, 0.15) is 0 Å². The van der Waals surface area contributed by atoms with Crippen LogP contribution in [-0.2, 0) is 7.05 Å². The molecule has 2 aromatic rings. The highest BCUT2D eigenvalue weighted by atomic mass is 35.5. The molecule has 0 saturated carbocycles. The largest absolute Gasteiger partial charge is 0.345 e. The van der Waals surface area contributed by atoms with Crippen molar-refractivity contribution >= 4 is 23.2 Å². The third-order valence-corrected chi connectivity index (χ3v) is 4.69. The molecule has 0 fully saturated rings. The molecule has 0 unspecified atom stereocenters. The fourth-order valence-corrected chi connectivity index (χ4v) is 2.81. The Morgan fingerprint density at radius 2 is 1.71 bits per heavy atom. The second-order valence-corrected chi connectivity index (χ2v) is 6.24. The van der Waals surface area contributed by atoms with Gasteiger partial charge in [0, 0.05) is 28.9 Å². The van der Waals surface area contributed by atoms with Crippen LogP contribution in [0.5, 0.6) is 0 Å². The highest BCUT2D eigenvalue weighted by molar-refractivity contribution is 6.30. The van der Waals surface area contributed by atoms with Gasteiger partial charge in [-0.3, -0.25) is 14.5 Å². The second kappa shape index (κ2) is 7.77. The zero-order valence-electron chi connectivity index (χ0n) is 14.6. The Morgan fingerprint density at radius 1 is 1.12 bits per heavy atom. The van der Waals surface area contributed by atoms with E-state index in [2.05, 4.69) is 4.90 Å². The van der Waals surface area contributed by atoms with Gasteiger partial charge < -0.3 is 4.57 Å². The Kier molecular flexibility index (Phi) is 5.97. The van der Waals surface area contributed by atoms with Crippen molar-refractivity contribution in [3.05, 3.63) is 57.9 Å². The van der Waals surface area contributed by atoms with Gasteiger partial charge in [-0.2, -0.15) is 0 Å². The summed E-state index contributed by atoms with van der Waals surface area (Å²) in [5.41, 5.74) is 2.49. The minimum atomic E-state index is -0.112. The van der Waals surface area contributed by atoms with E-state index in [0.717, 1.165) is 18.8 Å². The van der Waals surface area contributed by atoms with E-state index < -0.39 is 0 Å². The lowest BCUT2D eigenvalue weighted by Crippen LogP contribution is -2.29. The van der Waals surface area contributed by atoms with Gasteiger partial charge in [-0.1, -0.05) is 25.4 Å². The highest BCUT2D eigenvalue weighted by Gasteiger charge is 2.21. The zero-order chi connectivity index (χ0) is 17.9. The van der Waals surface area contributed by atoms with Crippen LogP contribution in [0.3, 0.4) is 0 Å². The predicted octanol–water partition coefficient (Wildman–Crippen LogP) is 3.74. The molecular weight excluding hydrogens is 324 g/mol. The maximum absolute atomic E-state index is 12.7. The molecule has 0 saturated heterocycles. The first-order chi connectivity index (χ1) is 11.4. The Labute approximate surface area is 148 Å². The van der Waals surface area contributed by atoms with Crippen LogP contribution >= 0.6 is 11.6 Å². The third-order valence-electron chi connectivity index (χ3n) is 4.44. The number of ketones is 2. The van der Waals surface area contributed by atoms with E-state index in [9.17, 15) is 9.59 Å². The third kappa shape index (κ3) is 3.77. The summed E-state index contributed by atoms with van der Waals surface area (Å²) in [7, 11) is 1.81. The molecule has 0 atom stereocenters. The smallest absolute Gasteiger partial charge is 0.209 e. The van der Waals surface area contributed by atoms with Crippen LogP contribution in [0.4, 0.5) is 0 Å². The van der Waals surface area contributed by atoms with E-state index in [1.807, 2.05) is 27.8 Å². The van der Waals surface area contributed by atoms with Crippen LogP contribution in [0.2, 0.25) is 5.02 Å². The average molecular weight is 347 g/mol. The van der Waals surface area contributed by atoms with Gasteiger partial charge in [-0.15, -0.1) is 0 Å². The predicted molar refractivity (Wildman–Crippen MR) is 97.2 cm³/mol. The first kappa shape index (κ1) is 18.4. The molecule has 1 aromatic heterocycles. The summed E-state index contributed by atoms with van der Waals surface area (Å²) in [4.78, 5) is 27.4. The van der Waals surface area contributed by atoms with E-state index in [-0.39, 0.29) is 11.6 Å². The summed E-state index contributed by atoms with van der Waals surface area (Å²) in [5, 5.41) is 0.588. The summed E-state index contributed by atoms with van der Waals surface area (Å²) >= 11 is 5.87. The number of aromatic nitrogens is 1. The second-order valence-electron chi connectivity index (χ2n) is 5.81. The van der Waals surface area contributed by atoms with Crippen molar-refractivity contribution in [1.82, 2.24) is 9.47 Å². The minimum absolute atomic E-state index is 0.0435. The molecule has 4 nitrogen and oxygen atoms in total. The Balaban J connectivity index is 2.32. The number of nitrogens with zero attached hydrogens (tertiary/aromatic N) is 2. The molecule has 0 spiro atoms. The number of hydrogen-bond donors (Lipinski definition) is 0. The van der Waals surface area contributed by atoms with Gasteiger partial charge in [0.2, 0.25) is 5.78 Å². The van der Waals surface area contributed by atoms with Gasteiger partial charge in [-0.25, -0.2) is 0 Å². The molecule has 1 heterocycles. The van der Waals surface area contributed by atoms with E-state index in [4.69, 9.17) is 11.6 Å². The fraction of sp³-hybridized carbons (Fsp3) is 0.368. The number of hydrogen-bond acceptors (Lipinski definition) is 3. The summed E-state index contributed by atoms with van der Waals surface area (Å²) in [5.74, 6) is -0.0684. The van der Waals surface area contributed by atoms with Crippen LogP contribution < -0.4 is 0 Å². The average Bonchev–Trinajstić information content (AvgIpc) is 2.88. The zero-order valence-corrected chi connectivity index (χ0v) is 15.4. The number of Topliss-reactive ketones (excluding diaryl/α,β-unsaturated/α-hetero) is 1. The van der Waals surface area contributed by atoms with Crippen LogP contribution in [0, 0.1) is 6.92 Å². The molecule has 1 aromatic carbocycles. The van der Waals surface area contributed by atoms with Crippen LogP contribution in [0.1, 0.15) is 46.0 Å². The monoisotopic (exact) mass is 346 g/mol. The van der Waals surface area contributed by atoms with Crippen molar-refractivity contribution in [3.63, 3.8) is 0 Å². The molecule has 24 heavy (non-hydrogen) atoms. The van der Waals surface area contributed by atoms with Crippen LogP contribution in [-0.4, -0.2) is 40.7 Å². The quantitative estimate of drug-likeness (QED) is 0.717. The highest BCUT2D eigenvalue weighted by Crippen LogP contribution is 2.20. The number of rotatable bonds is 7. The normalized spacial score (nSPS) is 11.1. The lowest BCUT2D eigenvalue weighted by Gasteiger charge is -2.16. The first-order valence-electron chi connectivity index (χ1n) is 8.11. The molecule has 0 amide bonds. The van der Waals surface area contributed by atoms with Gasteiger partial charge in [0.15, 0.2) is 5.78 Å². The van der Waals surface area contributed by atoms with Crippen LogP contribution in [0.15, 0.2) is 30.3 Å². The SMILES string of the molecule is CCN(CC)CC(=O)c1cc(C(=O)c2ccc(Cl)cc2)n(C)c1C. The molecule has 0 N–H and O–H groups in total. The van der Waals surface area contributed by atoms with Gasteiger partial charge in [0.25, 0.3) is 0 Å². The molecule has 0 aliphatic carbocycles. The maximum Gasteiger partial charge on any atom is 0.209 e. The Hall–Kier alpha value is -1.91. The molecule has 0 aliphatic heterocycles. The van der Waals surface area contributed by atoms with E-state index in [0.29, 0.717) is 28.4 Å². The van der Waals surface area contributed by atoms with Crippen LogP contribution in [0.25, 0.3) is 0 Å². The molecule has 2 rings (SSSR count). The summed E-state index contributed by atoms with van der Waals surface area (Å²) < 4.78 is 1.78. The lowest BCUT2D eigenvalue weighted by atomic mass is 10.1. The first-order valence-corrected chi connectivity index (χ1v) is 8.48. The summed E-state index contributed by atoms with van der Waals surface area (Å²) in [6, 6.07) is 8.49. The molecular formula is C19H23ClN2O2. The van der Waals surface area contributed by atoms with Crippen molar-refractivity contribution in [1.29, 1.82) is 0 Å². The minimum Gasteiger partial charge on any atom is -0.345 e. The molecule has 0 aliphatic rings. The molecule has 5 heteroatoms. The van der Waals surface area contributed by atoms with Gasteiger partial charge in [0.05, 0.1) is 12.2 Å². The molecule has 0 bridgehead atoms. The fourth-order valence-electron chi connectivity index (χ4n) is 2.68. The molecule has 128 valence electrons. The van der Waals surface area contributed by atoms with Crippen molar-refractivity contribution in [2.45, 2.75) is 20.8 Å². The van der Waals surface area contributed by atoms with Crippen molar-refractivity contribution in [3.8, 4) is 0 Å². The number of carbonyl (C=O) groups excluding carboxylic acids is 2. The maximum atomic E-state index is 12.7. The standard InChI is InChI=1S/C19H23ClN2O2/c1-5-22(6-2)12-18(23)16-11-17(21(4)13(16)3)19(24)14-7-9-15(20)10-8-14/h7-11H,5-6,12H2,1-4H3. The lowest BCUT2D eigenvalue weighted by molar-refractivity contribution is 0.0936. The van der Waals surface area contributed by atoms with Gasteiger partial charge >= 0.3 is 0 Å². The Morgan fingerprint density at radius 3 is 2.25 bits per heavy atom. The van der Waals surface area contributed by atoms with Gasteiger partial charge in [-0.05, 0) is 50.3 Å². The van der Waals surface area contributed by atoms with Crippen molar-refractivity contribution in [2.75, 3.05) is 19.6 Å². The van der Waals surface area contributed by atoms with E-state index >= 15 is 0 Å². The number of halogens is 1. The summed E-state index contributed by atoms with van der Waals surface area (Å²) in [6.45, 7) is 7.95. The Bertz CT molecular complexity index is 743. The van der Waals surface area contributed by atoms with E-state index in [1.54, 1.807) is 34.9 Å².